The molecule has 8 heteroatoms. The molecule has 212 valence electrons. The van der Waals surface area contributed by atoms with Crippen molar-refractivity contribution in [2.75, 3.05) is 13.7 Å². The summed E-state index contributed by atoms with van der Waals surface area (Å²) in [5.74, 6) is 1.08. The number of methoxy groups -OCH3 is 1. The number of rotatable bonds is 4. The molecule has 0 amide bonds. The van der Waals surface area contributed by atoms with Crippen molar-refractivity contribution in [2.45, 2.75) is 108 Å². The monoisotopic (exact) mass is 532 g/mol. The second kappa shape index (κ2) is 9.67. The van der Waals surface area contributed by atoms with Crippen LogP contribution in [0, 0.1) is 35.0 Å². The molecule has 2 aliphatic heterocycles. The quantitative estimate of drug-likeness (QED) is 0.288. The van der Waals surface area contributed by atoms with Crippen molar-refractivity contribution >= 4 is 5.97 Å². The Kier molecular flexibility index (Phi) is 6.85. The summed E-state index contributed by atoms with van der Waals surface area (Å²) in [6, 6.07) is 0. The van der Waals surface area contributed by atoms with Gasteiger partial charge >= 0.3 is 5.97 Å². The van der Waals surface area contributed by atoms with Gasteiger partial charge in [0, 0.05) is 25.0 Å². The number of fused-ring (bicyclic) bond motifs is 5. The second-order valence-corrected chi connectivity index (χ2v) is 13.2. The summed E-state index contributed by atoms with van der Waals surface area (Å²) < 4.78 is 22.7. The molecule has 4 aliphatic carbocycles. The lowest BCUT2D eigenvalue weighted by Crippen LogP contribution is -2.59. The predicted octanol–water partition coefficient (Wildman–Crippen LogP) is 2.89. The molecule has 38 heavy (non-hydrogen) atoms. The minimum absolute atomic E-state index is 0.0258. The molecule has 2 heterocycles. The van der Waals surface area contributed by atoms with E-state index in [9.17, 15) is 20.1 Å². The summed E-state index contributed by atoms with van der Waals surface area (Å²) in [5, 5.41) is 33.2. The molecular formula is C30H44O8. The number of aliphatic hydroxyl groups excluding tert-OH is 2. The van der Waals surface area contributed by atoms with Crippen molar-refractivity contribution in [1.29, 1.82) is 0 Å². The molecule has 8 nitrogen and oxygen atoms in total. The smallest absolute Gasteiger partial charge is 0.331 e. The Morgan fingerprint density at radius 3 is 2.58 bits per heavy atom. The van der Waals surface area contributed by atoms with Crippen LogP contribution in [0.4, 0.5) is 0 Å². The first kappa shape index (κ1) is 26.9. The predicted molar refractivity (Wildman–Crippen MR) is 138 cm³/mol. The van der Waals surface area contributed by atoms with E-state index in [0.29, 0.717) is 18.4 Å². The normalized spacial score (nSPS) is 52.6. The summed E-state index contributed by atoms with van der Waals surface area (Å²) in [6.45, 7) is 9.04. The van der Waals surface area contributed by atoms with Crippen LogP contribution in [0.3, 0.4) is 0 Å². The average Bonchev–Trinajstić information content (AvgIpc) is 3.45. The highest BCUT2D eigenvalue weighted by Crippen LogP contribution is 2.67. The van der Waals surface area contributed by atoms with Gasteiger partial charge in [0.1, 0.15) is 24.9 Å². The molecule has 3 N–H and O–H groups in total. The lowest BCUT2D eigenvalue weighted by atomic mass is 9.51. The molecule has 6 aliphatic rings. The maximum absolute atomic E-state index is 12.1. The maximum Gasteiger partial charge on any atom is 0.331 e. The van der Waals surface area contributed by atoms with Crippen molar-refractivity contribution in [1.82, 2.24) is 0 Å². The van der Waals surface area contributed by atoms with Crippen molar-refractivity contribution in [2.24, 2.45) is 35.0 Å². The second-order valence-electron chi connectivity index (χ2n) is 13.2. The van der Waals surface area contributed by atoms with Gasteiger partial charge < -0.3 is 34.3 Å². The molecule has 0 unspecified atom stereocenters. The first-order chi connectivity index (χ1) is 18.1. The molecule has 0 aromatic heterocycles. The lowest BCUT2D eigenvalue weighted by molar-refractivity contribution is -0.312. The Morgan fingerprint density at radius 2 is 1.87 bits per heavy atom. The number of hydrogen-bond acceptors (Lipinski definition) is 8. The number of carbonyl (C=O) groups is 1. The van der Waals surface area contributed by atoms with E-state index in [2.05, 4.69) is 13.5 Å². The zero-order chi connectivity index (χ0) is 27.0. The third-order valence-corrected chi connectivity index (χ3v) is 11.6. The fourth-order valence-corrected chi connectivity index (χ4v) is 9.46. The van der Waals surface area contributed by atoms with Crippen LogP contribution in [0.2, 0.25) is 0 Å². The zero-order valence-electron chi connectivity index (χ0n) is 22.9. The minimum atomic E-state index is -1.04. The SMILES string of the molecule is C=C1[C@@H](C2=CC(=O)OC2)CC[C@@]2(O)[C@@H]1C[C@H]1[C@H]2CC[C@@H]2C[C@@H](O[C@@H]3O[C@@H](C)[C@H](O)[C@@H](OC)[C@H]3O)CC[C@@]21C. The fourth-order valence-electron chi connectivity index (χ4n) is 9.46. The van der Waals surface area contributed by atoms with E-state index in [1.165, 1.54) is 7.11 Å². The molecule has 0 spiro atoms. The van der Waals surface area contributed by atoms with Gasteiger partial charge in [-0.3, -0.25) is 0 Å². The Balaban J connectivity index is 1.15. The summed E-state index contributed by atoms with van der Waals surface area (Å²) in [7, 11) is 1.48. The number of carbonyl (C=O) groups excluding carboxylic acids is 1. The molecule has 0 aromatic carbocycles. The lowest BCUT2D eigenvalue weighted by Gasteiger charge is -2.55. The minimum Gasteiger partial charge on any atom is -0.458 e. The van der Waals surface area contributed by atoms with Crippen LogP contribution in [-0.2, 0) is 23.7 Å². The summed E-state index contributed by atoms with van der Waals surface area (Å²) >= 11 is 0. The molecule has 5 fully saturated rings. The fraction of sp³-hybridized carbons (Fsp3) is 0.833. The third-order valence-electron chi connectivity index (χ3n) is 11.6. The number of cyclic esters (lactones) is 1. The standard InChI is InChI=1S/C30H44O8/c1-15-20(17-11-24(31)36-14-17)8-10-30(34)21-6-5-18-12-19(7-9-29(18,3)23(21)13-22(15)30)38-28-26(33)27(35-4)25(32)16(2)37-28/h11,16,18-23,25-28,32-34H,1,5-10,12-14H2,2-4H3/t16-,18+,19-,20-,21+,22+,23-,25-,26+,27+,28-,29-,30-/m0/s1. The van der Waals surface area contributed by atoms with E-state index < -0.39 is 36.3 Å². The molecule has 4 saturated carbocycles. The zero-order valence-corrected chi connectivity index (χ0v) is 22.9. The van der Waals surface area contributed by atoms with Crippen molar-refractivity contribution in [3.05, 3.63) is 23.8 Å². The summed E-state index contributed by atoms with van der Waals surface area (Å²) in [4.78, 5) is 11.7. The Bertz CT molecular complexity index is 995. The highest BCUT2D eigenvalue weighted by molar-refractivity contribution is 5.85. The van der Waals surface area contributed by atoms with Crippen LogP contribution in [0.5, 0.6) is 0 Å². The van der Waals surface area contributed by atoms with Crippen LogP contribution < -0.4 is 0 Å². The Morgan fingerprint density at radius 1 is 1.08 bits per heavy atom. The number of hydrogen-bond donors (Lipinski definition) is 3. The van der Waals surface area contributed by atoms with Gasteiger partial charge in [0.15, 0.2) is 6.29 Å². The summed E-state index contributed by atoms with van der Waals surface area (Å²) in [5.41, 5.74) is 1.50. The molecule has 6 rings (SSSR count). The Hall–Kier alpha value is -1.29. The Labute approximate surface area is 225 Å². The van der Waals surface area contributed by atoms with Crippen molar-refractivity contribution in [3.8, 4) is 0 Å². The van der Waals surface area contributed by atoms with Crippen LogP contribution in [0.1, 0.15) is 65.2 Å². The first-order valence-electron chi connectivity index (χ1n) is 14.5. The van der Waals surface area contributed by atoms with E-state index >= 15 is 0 Å². The van der Waals surface area contributed by atoms with E-state index in [1.54, 1.807) is 13.0 Å². The van der Waals surface area contributed by atoms with Gasteiger partial charge in [0.2, 0.25) is 0 Å². The molecule has 0 aromatic rings. The van der Waals surface area contributed by atoms with Crippen LogP contribution >= 0.6 is 0 Å². The molecule has 0 radical (unpaired) electrons. The van der Waals surface area contributed by atoms with Crippen molar-refractivity contribution in [3.63, 3.8) is 0 Å². The van der Waals surface area contributed by atoms with Gasteiger partial charge in [-0.1, -0.05) is 19.1 Å². The van der Waals surface area contributed by atoms with E-state index in [4.69, 9.17) is 18.9 Å². The van der Waals surface area contributed by atoms with Gasteiger partial charge in [-0.2, -0.15) is 0 Å². The number of esters is 1. The summed E-state index contributed by atoms with van der Waals surface area (Å²) in [6.07, 6.45) is 4.98. The van der Waals surface area contributed by atoms with Gasteiger partial charge in [0.25, 0.3) is 0 Å². The van der Waals surface area contributed by atoms with Crippen molar-refractivity contribution < 1.29 is 39.1 Å². The highest BCUT2D eigenvalue weighted by Gasteiger charge is 2.64. The molecule has 1 saturated heterocycles. The molecule has 0 bridgehead atoms. The van der Waals surface area contributed by atoms with Gasteiger partial charge in [-0.25, -0.2) is 4.79 Å². The van der Waals surface area contributed by atoms with Crippen LogP contribution in [0.15, 0.2) is 23.8 Å². The molecule has 13 atom stereocenters. The number of aliphatic hydroxyl groups is 3. The van der Waals surface area contributed by atoms with Crippen LogP contribution in [0.25, 0.3) is 0 Å². The van der Waals surface area contributed by atoms with E-state index in [1.807, 2.05) is 0 Å². The highest BCUT2D eigenvalue weighted by atomic mass is 16.7. The average molecular weight is 533 g/mol. The van der Waals surface area contributed by atoms with Gasteiger partial charge in [0.05, 0.1) is 17.8 Å². The largest absolute Gasteiger partial charge is 0.458 e. The topological polar surface area (TPSA) is 115 Å². The van der Waals surface area contributed by atoms with Gasteiger partial charge in [-0.05, 0) is 87.0 Å². The first-order valence-corrected chi connectivity index (χ1v) is 14.5. The molecular weight excluding hydrogens is 488 g/mol. The van der Waals surface area contributed by atoms with E-state index in [-0.39, 0.29) is 35.2 Å². The maximum atomic E-state index is 12.1. The third kappa shape index (κ3) is 4.05. The van der Waals surface area contributed by atoms with Crippen LogP contribution in [-0.4, -0.2) is 77.4 Å². The van der Waals surface area contributed by atoms with E-state index in [0.717, 1.165) is 62.5 Å². The van der Waals surface area contributed by atoms with Gasteiger partial charge in [-0.15, -0.1) is 0 Å². The number of ether oxygens (including phenoxy) is 4.